The Morgan fingerprint density at radius 2 is 1.52 bits per heavy atom. The van der Waals surface area contributed by atoms with E-state index in [1.807, 2.05) is 0 Å². The number of carboxylic acid groups (broad SMARTS) is 2. The number of hydrogen-bond acceptors (Lipinski definition) is 5. The number of rotatable bonds is 5. The second kappa shape index (κ2) is 7.41. The molecule has 1 aliphatic rings. The Morgan fingerprint density at radius 3 is 2.15 bits per heavy atom. The fraction of sp³-hybridized carbons (Fsp3) is 0.200. The first-order valence-electron chi connectivity index (χ1n) is 8.27. The smallest absolute Gasteiger partial charge is 0.337 e. The third kappa shape index (κ3) is 3.57. The summed E-state index contributed by atoms with van der Waals surface area (Å²) in [5.74, 6) is -1.77. The maximum absolute atomic E-state index is 12.1. The van der Waals surface area contributed by atoms with Crippen LogP contribution in [0.25, 0.3) is 11.1 Å². The van der Waals surface area contributed by atoms with Crippen molar-refractivity contribution in [2.24, 2.45) is 0 Å². The van der Waals surface area contributed by atoms with Gasteiger partial charge >= 0.3 is 11.9 Å². The van der Waals surface area contributed by atoms with Gasteiger partial charge < -0.3 is 24.6 Å². The van der Waals surface area contributed by atoms with Crippen LogP contribution >= 0.6 is 0 Å². The lowest BCUT2D eigenvalue weighted by Crippen LogP contribution is -2.17. The monoisotopic (exact) mass is 369 g/mol. The molecule has 7 heteroatoms. The number of aliphatic carboxylic acids is 2. The summed E-state index contributed by atoms with van der Waals surface area (Å²) in [7, 11) is 3.53. The molecule has 0 radical (unpaired) electrons. The van der Waals surface area contributed by atoms with E-state index >= 15 is 0 Å². The van der Waals surface area contributed by atoms with Crippen LogP contribution < -0.4 is 14.4 Å². The van der Waals surface area contributed by atoms with Gasteiger partial charge in [0.25, 0.3) is 0 Å². The number of benzene rings is 2. The fourth-order valence-electron chi connectivity index (χ4n) is 3.01. The first-order chi connectivity index (χ1) is 12.9. The molecule has 0 bridgehead atoms. The van der Waals surface area contributed by atoms with Gasteiger partial charge in [-0.2, -0.15) is 0 Å². The van der Waals surface area contributed by atoms with E-state index in [0.29, 0.717) is 36.0 Å². The van der Waals surface area contributed by atoms with Gasteiger partial charge in [0.05, 0.1) is 11.1 Å². The number of nitrogens with zero attached hydrogens (tertiary/aromatic N) is 1. The Bertz CT molecular complexity index is 932. The Balaban J connectivity index is 2.28. The number of carboxylic acids is 2. The third-order valence-corrected chi connectivity index (χ3v) is 4.16. The summed E-state index contributed by atoms with van der Waals surface area (Å²) in [6.45, 7) is 0.752. The zero-order valence-corrected chi connectivity index (χ0v) is 14.9. The summed E-state index contributed by atoms with van der Waals surface area (Å²) < 4.78 is 11.0. The van der Waals surface area contributed by atoms with Crippen LogP contribution in [0.3, 0.4) is 0 Å². The van der Waals surface area contributed by atoms with Gasteiger partial charge in [-0.3, -0.25) is 0 Å². The SMILES string of the molecule is CN(C)c1ccccc1/C(C(=O)O)=C(/C(=O)O)c1ccc2c(c1)OCCO2. The van der Waals surface area contributed by atoms with Crippen LogP contribution in [-0.2, 0) is 9.59 Å². The first kappa shape index (κ1) is 18.3. The molecule has 2 aromatic carbocycles. The minimum absolute atomic E-state index is 0.234. The molecule has 0 fully saturated rings. The van der Waals surface area contributed by atoms with E-state index in [-0.39, 0.29) is 16.7 Å². The molecule has 3 rings (SSSR count). The van der Waals surface area contributed by atoms with Gasteiger partial charge in [0.2, 0.25) is 0 Å². The van der Waals surface area contributed by atoms with Crippen molar-refractivity contribution in [2.45, 2.75) is 0 Å². The van der Waals surface area contributed by atoms with Crippen molar-refractivity contribution in [3.05, 3.63) is 53.6 Å². The molecule has 2 aromatic rings. The van der Waals surface area contributed by atoms with E-state index < -0.39 is 11.9 Å². The van der Waals surface area contributed by atoms with Crippen molar-refractivity contribution >= 4 is 28.8 Å². The Hall–Kier alpha value is -3.48. The predicted molar refractivity (Wildman–Crippen MR) is 100 cm³/mol. The zero-order valence-electron chi connectivity index (χ0n) is 14.9. The van der Waals surface area contributed by atoms with Gasteiger partial charge in [-0.1, -0.05) is 24.3 Å². The number of hydrogen-bond donors (Lipinski definition) is 2. The highest BCUT2D eigenvalue weighted by molar-refractivity contribution is 6.37. The lowest BCUT2D eigenvalue weighted by Gasteiger charge is -2.21. The number of ether oxygens (including phenoxy) is 2. The predicted octanol–water partition coefficient (Wildman–Crippen LogP) is 2.60. The fourth-order valence-corrected chi connectivity index (χ4v) is 3.01. The van der Waals surface area contributed by atoms with E-state index in [1.54, 1.807) is 49.3 Å². The second-order valence-electron chi connectivity index (χ2n) is 6.13. The molecular formula is C20H19NO6. The average Bonchev–Trinajstić information content (AvgIpc) is 2.65. The normalized spacial score (nSPS) is 13.6. The molecule has 1 heterocycles. The summed E-state index contributed by atoms with van der Waals surface area (Å²) in [6, 6.07) is 11.4. The van der Waals surface area contributed by atoms with Gasteiger partial charge in [0.15, 0.2) is 11.5 Å². The summed E-state index contributed by atoms with van der Waals surface area (Å²) in [5.41, 5.74) is 0.559. The molecule has 0 atom stereocenters. The Labute approximate surface area is 156 Å². The summed E-state index contributed by atoms with van der Waals surface area (Å²) in [6.07, 6.45) is 0. The summed E-state index contributed by atoms with van der Waals surface area (Å²) in [4.78, 5) is 25.9. The van der Waals surface area contributed by atoms with Gasteiger partial charge in [-0.05, 0) is 23.8 Å². The lowest BCUT2D eigenvalue weighted by atomic mass is 9.93. The molecule has 2 N–H and O–H groups in total. The molecule has 0 saturated carbocycles. The first-order valence-corrected chi connectivity index (χ1v) is 8.27. The summed E-state index contributed by atoms with van der Waals surface area (Å²) >= 11 is 0. The van der Waals surface area contributed by atoms with Crippen LogP contribution in [0, 0.1) is 0 Å². The summed E-state index contributed by atoms with van der Waals surface area (Å²) in [5, 5.41) is 19.7. The average molecular weight is 369 g/mol. The highest BCUT2D eigenvalue weighted by Gasteiger charge is 2.27. The van der Waals surface area contributed by atoms with Crippen LogP contribution in [0.1, 0.15) is 11.1 Å². The van der Waals surface area contributed by atoms with E-state index in [2.05, 4.69) is 0 Å². The zero-order chi connectivity index (χ0) is 19.6. The number of carbonyl (C=O) groups is 2. The van der Waals surface area contributed by atoms with Gasteiger partial charge in [0.1, 0.15) is 13.2 Å². The van der Waals surface area contributed by atoms with Crippen molar-refractivity contribution in [2.75, 3.05) is 32.2 Å². The van der Waals surface area contributed by atoms with Crippen LogP contribution in [0.5, 0.6) is 11.5 Å². The van der Waals surface area contributed by atoms with Crippen LogP contribution in [0.15, 0.2) is 42.5 Å². The molecule has 0 aliphatic carbocycles. The maximum Gasteiger partial charge on any atom is 0.337 e. The quantitative estimate of drug-likeness (QED) is 0.618. The molecule has 7 nitrogen and oxygen atoms in total. The minimum Gasteiger partial charge on any atom is -0.486 e. The number of anilines is 1. The largest absolute Gasteiger partial charge is 0.486 e. The number of para-hydroxylation sites is 1. The maximum atomic E-state index is 12.1. The highest BCUT2D eigenvalue weighted by Crippen LogP contribution is 2.37. The van der Waals surface area contributed by atoms with E-state index in [4.69, 9.17) is 9.47 Å². The Kier molecular flexibility index (Phi) is 5.03. The molecular weight excluding hydrogens is 350 g/mol. The van der Waals surface area contributed by atoms with Gasteiger partial charge in [-0.25, -0.2) is 9.59 Å². The van der Waals surface area contributed by atoms with Crippen molar-refractivity contribution in [1.82, 2.24) is 0 Å². The molecule has 0 amide bonds. The van der Waals surface area contributed by atoms with Gasteiger partial charge in [0, 0.05) is 25.3 Å². The Morgan fingerprint density at radius 1 is 0.889 bits per heavy atom. The van der Waals surface area contributed by atoms with E-state index in [0.717, 1.165) is 0 Å². The van der Waals surface area contributed by atoms with Crippen molar-refractivity contribution < 1.29 is 29.3 Å². The van der Waals surface area contributed by atoms with Crippen LogP contribution in [-0.4, -0.2) is 49.5 Å². The molecule has 140 valence electrons. The highest BCUT2D eigenvalue weighted by atomic mass is 16.6. The van der Waals surface area contributed by atoms with Crippen molar-refractivity contribution in [3.8, 4) is 11.5 Å². The van der Waals surface area contributed by atoms with Crippen molar-refractivity contribution in [3.63, 3.8) is 0 Å². The second-order valence-corrected chi connectivity index (χ2v) is 6.13. The van der Waals surface area contributed by atoms with Gasteiger partial charge in [-0.15, -0.1) is 0 Å². The lowest BCUT2D eigenvalue weighted by molar-refractivity contribution is -0.132. The van der Waals surface area contributed by atoms with E-state index in [1.165, 1.54) is 12.1 Å². The third-order valence-electron chi connectivity index (χ3n) is 4.16. The molecule has 0 saturated heterocycles. The molecule has 0 unspecified atom stereocenters. The molecule has 0 aromatic heterocycles. The van der Waals surface area contributed by atoms with E-state index in [9.17, 15) is 19.8 Å². The topological polar surface area (TPSA) is 96.3 Å². The van der Waals surface area contributed by atoms with Crippen LogP contribution in [0.4, 0.5) is 5.69 Å². The van der Waals surface area contributed by atoms with Crippen LogP contribution in [0.2, 0.25) is 0 Å². The standard InChI is InChI=1S/C20H19NO6/c1-21(2)14-6-4-3-5-13(14)18(20(24)25)17(19(22)23)12-7-8-15-16(11-12)27-10-9-26-15/h3-8,11H,9-10H2,1-2H3,(H,22,23)(H,24,25)/b18-17-. The molecule has 1 aliphatic heterocycles. The molecule has 27 heavy (non-hydrogen) atoms. The molecule has 0 spiro atoms. The van der Waals surface area contributed by atoms with Crippen molar-refractivity contribution in [1.29, 1.82) is 0 Å². The number of fused-ring (bicyclic) bond motifs is 1. The minimum atomic E-state index is -1.34.